The lowest BCUT2D eigenvalue weighted by molar-refractivity contribution is -0.0308. The zero-order valence-electron chi connectivity index (χ0n) is 13.8. The second-order valence-electron chi connectivity index (χ2n) is 6.83. The molecule has 0 aliphatic carbocycles. The fraction of sp³-hybridized carbons (Fsp3) is 1.00. The van der Waals surface area contributed by atoms with Crippen molar-refractivity contribution in [2.24, 2.45) is 5.92 Å². The highest BCUT2D eigenvalue weighted by atomic mass is 16.5. The first-order valence-electron chi connectivity index (χ1n) is 8.31. The predicted octanol–water partition coefficient (Wildman–Crippen LogP) is 1.37. The smallest absolute Gasteiger partial charge is 0.0824 e. The summed E-state index contributed by atoms with van der Waals surface area (Å²) >= 11 is 0. The summed E-state index contributed by atoms with van der Waals surface area (Å²) in [6, 6.07) is 0.726. The summed E-state index contributed by atoms with van der Waals surface area (Å²) in [6.45, 7) is 16.8. The van der Waals surface area contributed by atoms with E-state index in [1.54, 1.807) is 0 Å². The van der Waals surface area contributed by atoms with E-state index in [0.717, 1.165) is 25.0 Å². The summed E-state index contributed by atoms with van der Waals surface area (Å²) in [5.74, 6) is 0.765. The fourth-order valence-corrected chi connectivity index (χ4v) is 3.19. The summed E-state index contributed by atoms with van der Waals surface area (Å²) < 4.78 is 5.31. The highest BCUT2D eigenvalue weighted by Crippen LogP contribution is 2.14. The van der Waals surface area contributed by atoms with Crippen molar-refractivity contribution in [3.8, 4) is 0 Å². The number of likely N-dealkylation sites (tertiary alicyclic amines) is 1. The van der Waals surface area contributed by atoms with Crippen molar-refractivity contribution >= 4 is 0 Å². The minimum Gasteiger partial charge on any atom is -0.379 e. The van der Waals surface area contributed by atoms with Crippen LogP contribution in [0.4, 0.5) is 0 Å². The Morgan fingerprint density at radius 3 is 2.10 bits per heavy atom. The van der Waals surface area contributed by atoms with Crippen molar-refractivity contribution in [2.45, 2.75) is 39.3 Å². The quantitative estimate of drug-likeness (QED) is 0.702. The predicted molar refractivity (Wildman–Crippen MR) is 84.2 cm³/mol. The first-order chi connectivity index (χ1) is 9.60. The van der Waals surface area contributed by atoms with E-state index in [2.05, 4.69) is 35.5 Å². The third-order valence-corrected chi connectivity index (χ3v) is 5.15. The number of ether oxygens (including phenoxy) is 1. The molecule has 1 atom stereocenters. The Morgan fingerprint density at radius 2 is 1.55 bits per heavy atom. The standard InChI is InChI=1S/C16H33N3O/c1-14(2)15(3)19-10-8-17(9-11-19)6-5-7-18-12-16(13-18)20-4/h14-16H,5-13H2,1-4H3. The average Bonchev–Trinajstić information content (AvgIpc) is 2.41. The fourth-order valence-electron chi connectivity index (χ4n) is 3.19. The topological polar surface area (TPSA) is 19.0 Å². The number of nitrogens with zero attached hydrogens (tertiary/aromatic N) is 3. The summed E-state index contributed by atoms with van der Waals surface area (Å²) in [7, 11) is 1.82. The Hall–Kier alpha value is -0.160. The maximum atomic E-state index is 5.31. The third-order valence-electron chi connectivity index (χ3n) is 5.15. The van der Waals surface area contributed by atoms with E-state index in [9.17, 15) is 0 Å². The number of rotatable bonds is 7. The normalized spacial score (nSPS) is 25.1. The molecule has 2 aliphatic heterocycles. The van der Waals surface area contributed by atoms with Gasteiger partial charge in [0.25, 0.3) is 0 Å². The Morgan fingerprint density at radius 1 is 0.950 bits per heavy atom. The van der Waals surface area contributed by atoms with Crippen molar-refractivity contribution in [3.05, 3.63) is 0 Å². The van der Waals surface area contributed by atoms with Crippen LogP contribution in [0.15, 0.2) is 0 Å². The van der Waals surface area contributed by atoms with E-state index in [0.29, 0.717) is 6.10 Å². The molecule has 2 saturated heterocycles. The van der Waals surface area contributed by atoms with Gasteiger partial charge in [-0.3, -0.25) is 9.80 Å². The summed E-state index contributed by atoms with van der Waals surface area (Å²) in [5.41, 5.74) is 0. The highest BCUT2D eigenvalue weighted by molar-refractivity contribution is 4.81. The molecule has 0 radical (unpaired) electrons. The van der Waals surface area contributed by atoms with Crippen LogP contribution in [-0.4, -0.2) is 86.3 Å². The monoisotopic (exact) mass is 283 g/mol. The molecule has 0 aromatic heterocycles. The van der Waals surface area contributed by atoms with Gasteiger partial charge < -0.3 is 9.64 Å². The van der Waals surface area contributed by atoms with Crippen molar-refractivity contribution in [3.63, 3.8) is 0 Å². The van der Waals surface area contributed by atoms with Gasteiger partial charge in [0, 0.05) is 52.4 Å². The van der Waals surface area contributed by atoms with Crippen LogP contribution in [0, 0.1) is 5.92 Å². The SMILES string of the molecule is COC1CN(CCCN2CCN(C(C)C(C)C)CC2)C1. The maximum Gasteiger partial charge on any atom is 0.0824 e. The molecule has 20 heavy (non-hydrogen) atoms. The molecule has 0 bridgehead atoms. The van der Waals surface area contributed by atoms with Gasteiger partial charge in [-0.1, -0.05) is 13.8 Å². The number of hydrogen-bond acceptors (Lipinski definition) is 4. The molecule has 0 aromatic rings. The van der Waals surface area contributed by atoms with Crippen molar-refractivity contribution < 1.29 is 4.74 Å². The maximum absolute atomic E-state index is 5.31. The van der Waals surface area contributed by atoms with Gasteiger partial charge >= 0.3 is 0 Å². The minimum atomic E-state index is 0.496. The van der Waals surface area contributed by atoms with Crippen LogP contribution < -0.4 is 0 Å². The lowest BCUT2D eigenvalue weighted by Gasteiger charge is -2.41. The molecule has 2 aliphatic rings. The molecule has 2 rings (SSSR count). The largest absolute Gasteiger partial charge is 0.379 e. The minimum absolute atomic E-state index is 0.496. The second-order valence-corrected chi connectivity index (χ2v) is 6.83. The van der Waals surface area contributed by atoms with E-state index < -0.39 is 0 Å². The Kier molecular flexibility index (Phi) is 6.27. The Labute approximate surface area is 125 Å². The zero-order valence-corrected chi connectivity index (χ0v) is 13.8. The number of methoxy groups -OCH3 is 1. The molecule has 2 fully saturated rings. The summed E-state index contributed by atoms with van der Waals surface area (Å²) in [5, 5.41) is 0. The summed E-state index contributed by atoms with van der Waals surface area (Å²) in [4.78, 5) is 7.79. The Balaban J connectivity index is 1.54. The molecule has 0 spiro atoms. The van der Waals surface area contributed by atoms with Crippen molar-refractivity contribution in [1.82, 2.24) is 14.7 Å². The van der Waals surface area contributed by atoms with Gasteiger partial charge in [-0.2, -0.15) is 0 Å². The van der Waals surface area contributed by atoms with Crippen molar-refractivity contribution in [2.75, 3.05) is 59.5 Å². The Bertz CT molecular complexity index is 271. The number of hydrogen-bond donors (Lipinski definition) is 0. The second kappa shape index (κ2) is 7.74. The first kappa shape index (κ1) is 16.2. The van der Waals surface area contributed by atoms with E-state index in [4.69, 9.17) is 4.74 Å². The van der Waals surface area contributed by atoms with Crippen LogP contribution in [0.5, 0.6) is 0 Å². The molecule has 118 valence electrons. The van der Waals surface area contributed by atoms with Gasteiger partial charge in [0.2, 0.25) is 0 Å². The summed E-state index contributed by atoms with van der Waals surface area (Å²) in [6.07, 6.45) is 1.80. The zero-order chi connectivity index (χ0) is 14.5. The van der Waals surface area contributed by atoms with Crippen LogP contribution >= 0.6 is 0 Å². The average molecular weight is 283 g/mol. The lowest BCUT2D eigenvalue weighted by atomic mass is 10.0. The molecule has 0 saturated carbocycles. The molecule has 0 N–H and O–H groups in total. The van der Waals surface area contributed by atoms with Gasteiger partial charge in [-0.05, 0) is 32.4 Å². The molecular formula is C16H33N3O. The molecule has 2 heterocycles. The molecule has 4 nitrogen and oxygen atoms in total. The van der Waals surface area contributed by atoms with Gasteiger partial charge in [0.1, 0.15) is 0 Å². The van der Waals surface area contributed by atoms with Crippen LogP contribution in [0.2, 0.25) is 0 Å². The molecule has 0 aromatic carbocycles. The van der Waals surface area contributed by atoms with E-state index >= 15 is 0 Å². The van der Waals surface area contributed by atoms with Crippen molar-refractivity contribution in [1.29, 1.82) is 0 Å². The van der Waals surface area contributed by atoms with E-state index in [1.165, 1.54) is 45.7 Å². The van der Waals surface area contributed by atoms with Crippen LogP contribution in [0.1, 0.15) is 27.2 Å². The third kappa shape index (κ3) is 4.42. The van der Waals surface area contributed by atoms with Gasteiger partial charge in [-0.15, -0.1) is 0 Å². The molecular weight excluding hydrogens is 250 g/mol. The van der Waals surface area contributed by atoms with Crippen LogP contribution in [0.25, 0.3) is 0 Å². The van der Waals surface area contributed by atoms with Crippen LogP contribution in [-0.2, 0) is 4.74 Å². The lowest BCUT2D eigenvalue weighted by Crippen LogP contribution is -2.53. The molecule has 0 amide bonds. The highest BCUT2D eigenvalue weighted by Gasteiger charge is 2.26. The van der Waals surface area contributed by atoms with E-state index in [1.807, 2.05) is 7.11 Å². The van der Waals surface area contributed by atoms with Crippen LogP contribution in [0.3, 0.4) is 0 Å². The molecule has 4 heteroatoms. The van der Waals surface area contributed by atoms with Gasteiger partial charge in [-0.25, -0.2) is 0 Å². The van der Waals surface area contributed by atoms with Gasteiger partial charge in [0.05, 0.1) is 6.10 Å². The first-order valence-corrected chi connectivity index (χ1v) is 8.31. The van der Waals surface area contributed by atoms with Gasteiger partial charge in [0.15, 0.2) is 0 Å². The molecule has 1 unspecified atom stereocenters. The van der Waals surface area contributed by atoms with E-state index in [-0.39, 0.29) is 0 Å². The number of piperazine rings is 1.